The number of aryl methyl sites for hydroxylation is 2. The van der Waals surface area contributed by atoms with Crippen LogP contribution in [0.15, 0.2) is 30.5 Å². The molecule has 1 aromatic heterocycles. The predicted molar refractivity (Wildman–Crippen MR) is 89.7 cm³/mol. The predicted octanol–water partition coefficient (Wildman–Crippen LogP) is 2.85. The monoisotopic (exact) mass is 313 g/mol. The highest BCUT2D eigenvalue weighted by Gasteiger charge is 2.10. The van der Waals surface area contributed by atoms with Crippen molar-refractivity contribution in [2.75, 3.05) is 6.54 Å². The van der Waals surface area contributed by atoms with Crippen LogP contribution in [0.4, 0.5) is 0 Å². The normalized spacial score (nSPS) is 10.7. The molecule has 0 unspecified atom stereocenters. The molecule has 5 nitrogen and oxygen atoms in total. The van der Waals surface area contributed by atoms with Crippen LogP contribution in [0.25, 0.3) is 0 Å². The molecule has 0 aliphatic heterocycles. The van der Waals surface area contributed by atoms with E-state index in [0.717, 1.165) is 17.7 Å². The maximum absolute atomic E-state index is 12.1. The molecule has 0 fully saturated rings. The number of carbonyl (C=O) groups excluding carboxylic acids is 1. The van der Waals surface area contributed by atoms with E-state index in [9.17, 15) is 4.79 Å². The number of hydrogen-bond donors (Lipinski definition) is 1. The van der Waals surface area contributed by atoms with Gasteiger partial charge in [-0.05, 0) is 51.8 Å². The van der Waals surface area contributed by atoms with Crippen molar-refractivity contribution in [3.63, 3.8) is 0 Å². The molecule has 1 N–H and O–H groups in total. The third-order valence-corrected chi connectivity index (χ3v) is 3.34. The Hall–Kier alpha value is -2.43. The fourth-order valence-electron chi connectivity index (χ4n) is 2.23. The van der Waals surface area contributed by atoms with Crippen molar-refractivity contribution in [2.24, 2.45) is 0 Å². The van der Waals surface area contributed by atoms with Gasteiger partial charge in [-0.2, -0.15) is 0 Å². The molecule has 1 heterocycles. The summed E-state index contributed by atoms with van der Waals surface area (Å²) >= 11 is 0. The number of rotatable bonds is 6. The van der Waals surface area contributed by atoms with Crippen molar-refractivity contribution in [1.82, 2.24) is 15.3 Å². The van der Waals surface area contributed by atoms with Gasteiger partial charge in [-0.1, -0.05) is 12.1 Å². The average Bonchev–Trinajstić information content (AvgIpc) is 2.48. The number of benzene rings is 1. The van der Waals surface area contributed by atoms with Gasteiger partial charge in [0.25, 0.3) is 5.91 Å². The first-order chi connectivity index (χ1) is 11.0. The largest absolute Gasteiger partial charge is 0.491 e. The summed E-state index contributed by atoms with van der Waals surface area (Å²) in [6, 6.07) is 7.94. The minimum atomic E-state index is -0.137. The van der Waals surface area contributed by atoms with E-state index < -0.39 is 0 Å². The maximum atomic E-state index is 12.1. The van der Waals surface area contributed by atoms with E-state index >= 15 is 0 Å². The van der Waals surface area contributed by atoms with Crippen LogP contribution in [0.5, 0.6) is 5.75 Å². The summed E-state index contributed by atoms with van der Waals surface area (Å²) < 4.78 is 5.61. The molecular weight excluding hydrogens is 290 g/mol. The second-order valence-corrected chi connectivity index (χ2v) is 5.73. The van der Waals surface area contributed by atoms with Gasteiger partial charge in [0.15, 0.2) is 0 Å². The fraction of sp³-hybridized carbons (Fsp3) is 0.389. The Balaban J connectivity index is 1.85. The second-order valence-electron chi connectivity index (χ2n) is 5.73. The highest BCUT2D eigenvalue weighted by atomic mass is 16.5. The van der Waals surface area contributed by atoms with Crippen molar-refractivity contribution in [1.29, 1.82) is 0 Å². The van der Waals surface area contributed by atoms with E-state index in [2.05, 4.69) is 15.3 Å². The van der Waals surface area contributed by atoms with Crippen molar-refractivity contribution in [3.8, 4) is 5.75 Å². The molecule has 2 rings (SSSR count). The van der Waals surface area contributed by atoms with Gasteiger partial charge in [0.1, 0.15) is 11.6 Å². The van der Waals surface area contributed by atoms with Crippen LogP contribution < -0.4 is 10.1 Å². The van der Waals surface area contributed by atoms with Gasteiger partial charge in [-0.3, -0.25) is 4.79 Å². The average molecular weight is 313 g/mol. The quantitative estimate of drug-likeness (QED) is 0.890. The number of nitrogens with one attached hydrogen (secondary N) is 1. The molecule has 0 saturated carbocycles. The molecule has 0 aliphatic rings. The first-order valence-corrected chi connectivity index (χ1v) is 7.79. The zero-order valence-electron chi connectivity index (χ0n) is 14.1. The Morgan fingerprint density at radius 3 is 2.52 bits per heavy atom. The van der Waals surface area contributed by atoms with E-state index in [1.54, 1.807) is 13.1 Å². The van der Waals surface area contributed by atoms with Gasteiger partial charge in [-0.25, -0.2) is 9.97 Å². The lowest BCUT2D eigenvalue weighted by atomic mass is 10.1. The molecule has 23 heavy (non-hydrogen) atoms. The number of amides is 1. The van der Waals surface area contributed by atoms with Crippen molar-refractivity contribution >= 4 is 5.91 Å². The van der Waals surface area contributed by atoms with Crippen molar-refractivity contribution in [2.45, 2.75) is 40.2 Å². The lowest BCUT2D eigenvalue weighted by molar-refractivity contribution is 0.0952. The van der Waals surface area contributed by atoms with Gasteiger partial charge >= 0.3 is 0 Å². The molecule has 5 heteroatoms. The maximum Gasteiger partial charge on any atom is 0.254 e. The number of nitrogens with zero attached hydrogens (tertiary/aromatic N) is 2. The third-order valence-electron chi connectivity index (χ3n) is 3.34. The van der Waals surface area contributed by atoms with Crippen molar-refractivity contribution < 1.29 is 9.53 Å². The van der Waals surface area contributed by atoms with E-state index in [0.29, 0.717) is 23.6 Å². The molecule has 1 aromatic carbocycles. The second kappa shape index (κ2) is 7.72. The summed E-state index contributed by atoms with van der Waals surface area (Å²) in [4.78, 5) is 20.4. The summed E-state index contributed by atoms with van der Waals surface area (Å²) in [6.07, 6.45) is 2.50. The number of aromatic nitrogens is 2. The Labute approximate surface area is 137 Å². The van der Waals surface area contributed by atoms with Crippen LogP contribution in [-0.2, 0) is 6.42 Å². The van der Waals surface area contributed by atoms with Gasteiger partial charge in [0, 0.05) is 12.7 Å². The van der Waals surface area contributed by atoms with Gasteiger partial charge in [0.2, 0.25) is 0 Å². The Bertz CT molecular complexity index is 666. The SMILES string of the molecule is Cc1ncc(C(=O)NCCc2ccc(OC(C)C)cc2)c(C)n1. The molecule has 0 bridgehead atoms. The zero-order chi connectivity index (χ0) is 16.8. The minimum absolute atomic E-state index is 0.137. The molecular formula is C18H23N3O2. The Morgan fingerprint density at radius 2 is 1.91 bits per heavy atom. The smallest absolute Gasteiger partial charge is 0.254 e. The van der Waals surface area contributed by atoms with Gasteiger partial charge in [0.05, 0.1) is 17.4 Å². The summed E-state index contributed by atoms with van der Waals surface area (Å²) in [5, 5.41) is 2.90. The van der Waals surface area contributed by atoms with Crippen LogP contribution in [0, 0.1) is 13.8 Å². The van der Waals surface area contributed by atoms with Gasteiger partial charge < -0.3 is 10.1 Å². The number of carbonyl (C=O) groups is 1. The molecule has 2 aromatic rings. The van der Waals surface area contributed by atoms with Crippen LogP contribution in [0.3, 0.4) is 0 Å². The molecule has 122 valence electrons. The lowest BCUT2D eigenvalue weighted by Gasteiger charge is -2.10. The lowest BCUT2D eigenvalue weighted by Crippen LogP contribution is -2.27. The fourth-order valence-corrected chi connectivity index (χ4v) is 2.23. The highest BCUT2D eigenvalue weighted by Crippen LogP contribution is 2.14. The van der Waals surface area contributed by atoms with E-state index in [-0.39, 0.29) is 12.0 Å². The summed E-state index contributed by atoms with van der Waals surface area (Å²) in [5.74, 6) is 1.39. The Kier molecular flexibility index (Phi) is 5.68. The molecule has 0 aliphatic carbocycles. The first kappa shape index (κ1) is 16.9. The van der Waals surface area contributed by atoms with E-state index in [4.69, 9.17) is 4.74 Å². The topological polar surface area (TPSA) is 64.1 Å². The zero-order valence-corrected chi connectivity index (χ0v) is 14.1. The summed E-state index contributed by atoms with van der Waals surface area (Å²) in [6.45, 7) is 8.19. The molecule has 0 atom stereocenters. The molecule has 1 amide bonds. The van der Waals surface area contributed by atoms with Crippen LogP contribution in [-0.4, -0.2) is 28.5 Å². The minimum Gasteiger partial charge on any atom is -0.491 e. The van der Waals surface area contributed by atoms with Crippen LogP contribution in [0.2, 0.25) is 0 Å². The molecule has 0 spiro atoms. The Morgan fingerprint density at radius 1 is 1.22 bits per heavy atom. The number of hydrogen-bond acceptors (Lipinski definition) is 4. The molecule has 0 radical (unpaired) electrons. The third kappa shape index (κ3) is 5.06. The van der Waals surface area contributed by atoms with E-state index in [1.807, 2.05) is 45.0 Å². The standard InChI is InChI=1S/C18H23N3O2/c1-12(2)23-16-7-5-15(6-8-16)9-10-19-18(22)17-11-20-14(4)21-13(17)3/h5-8,11-12H,9-10H2,1-4H3,(H,19,22). The van der Waals surface area contributed by atoms with Crippen LogP contribution in [0.1, 0.15) is 41.3 Å². The first-order valence-electron chi connectivity index (χ1n) is 7.79. The van der Waals surface area contributed by atoms with Crippen LogP contribution >= 0.6 is 0 Å². The van der Waals surface area contributed by atoms with Crippen molar-refractivity contribution in [3.05, 3.63) is 53.1 Å². The summed E-state index contributed by atoms with van der Waals surface area (Å²) in [7, 11) is 0. The number of ether oxygens (including phenoxy) is 1. The summed E-state index contributed by atoms with van der Waals surface area (Å²) in [5.41, 5.74) is 2.37. The van der Waals surface area contributed by atoms with E-state index in [1.165, 1.54) is 0 Å². The molecule has 0 saturated heterocycles. The van der Waals surface area contributed by atoms with Gasteiger partial charge in [-0.15, -0.1) is 0 Å². The highest BCUT2D eigenvalue weighted by molar-refractivity contribution is 5.94.